The maximum atomic E-state index is 13.8. The van der Waals surface area contributed by atoms with E-state index in [1.807, 2.05) is 0 Å². The first-order valence-electron chi connectivity index (χ1n) is 6.62. The Labute approximate surface area is 120 Å². The number of esters is 1. The van der Waals surface area contributed by atoms with E-state index in [1.54, 1.807) is 0 Å². The third kappa shape index (κ3) is 3.90. The van der Waals surface area contributed by atoms with Crippen LogP contribution in [0.4, 0.5) is 14.5 Å². The van der Waals surface area contributed by atoms with Gasteiger partial charge in [0.1, 0.15) is 0 Å². The number of carbonyl (C=O) groups excluding carboxylic acids is 2. The molecule has 2 N–H and O–H groups in total. The standard InChI is InChI=1S/C14H16F2N2O3/c1-21-14(20)9-4-5-10(13(16)12(9)15)17-7-6-11(19)18-8-2-3-8/h4-5,8,17H,2-3,6-7H2,1H3,(H,18,19). The van der Waals surface area contributed by atoms with E-state index >= 15 is 0 Å². The Morgan fingerprint density at radius 2 is 2.00 bits per heavy atom. The van der Waals surface area contributed by atoms with Crippen molar-refractivity contribution >= 4 is 17.6 Å². The van der Waals surface area contributed by atoms with Crippen LogP contribution in [0.2, 0.25) is 0 Å². The van der Waals surface area contributed by atoms with Crippen LogP contribution in [0, 0.1) is 11.6 Å². The SMILES string of the molecule is COC(=O)c1ccc(NCCC(=O)NC2CC2)c(F)c1F. The first kappa shape index (κ1) is 15.2. The monoisotopic (exact) mass is 298 g/mol. The topological polar surface area (TPSA) is 67.4 Å². The van der Waals surface area contributed by atoms with Gasteiger partial charge in [0.05, 0.1) is 18.4 Å². The Kier molecular flexibility index (Phi) is 4.72. The van der Waals surface area contributed by atoms with Gasteiger partial charge < -0.3 is 15.4 Å². The van der Waals surface area contributed by atoms with Gasteiger partial charge in [0.25, 0.3) is 0 Å². The van der Waals surface area contributed by atoms with Gasteiger partial charge in [-0.1, -0.05) is 0 Å². The number of ether oxygens (including phenoxy) is 1. The highest BCUT2D eigenvalue weighted by molar-refractivity contribution is 5.90. The molecule has 21 heavy (non-hydrogen) atoms. The van der Waals surface area contributed by atoms with Crippen molar-refractivity contribution in [2.45, 2.75) is 25.3 Å². The number of carbonyl (C=O) groups is 2. The van der Waals surface area contributed by atoms with Gasteiger partial charge >= 0.3 is 5.97 Å². The Hall–Kier alpha value is -2.18. The van der Waals surface area contributed by atoms with Crippen LogP contribution in [0.5, 0.6) is 0 Å². The highest BCUT2D eigenvalue weighted by Crippen LogP contribution is 2.21. The van der Waals surface area contributed by atoms with E-state index in [9.17, 15) is 18.4 Å². The first-order valence-corrected chi connectivity index (χ1v) is 6.62. The zero-order chi connectivity index (χ0) is 15.4. The Bertz CT molecular complexity index is 559. The van der Waals surface area contributed by atoms with Gasteiger partial charge in [-0.05, 0) is 25.0 Å². The predicted octanol–water partition coefficient (Wildman–Crippen LogP) is 1.83. The van der Waals surface area contributed by atoms with Crippen molar-refractivity contribution in [3.63, 3.8) is 0 Å². The molecule has 1 saturated carbocycles. The molecule has 1 aliphatic carbocycles. The third-order valence-electron chi connectivity index (χ3n) is 3.10. The van der Waals surface area contributed by atoms with Crippen molar-refractivity contribution in [3.8, 4) is 0 Å². The van der Waals surface area contributed by atoms with Crippen LogP contribution in [0.15, 0.2) is 12.1 Å². The molecule has 114 valence electrons. The molecule has 0 atom stereocenters. The fourth-order valence-electron chi connectivity index (χ4n) is 1.79. The summed E-state index contributed by atoms with van der Waals surface area (Å²) >= 11 is 0. The number of anilines is 1. The fourth-order valence-corrected chi connectivity index (χ4v) is 1.79. The summed E-state index contributed by atoms with van der Waals surface area (Å²) in [5.74, 6) is -3.51. The number of nitrogens with one attached hydrogen (secondary N) is 2. The molecular formula is C14H16F2N2O3. The van der Waals surface area contributed by atoms with Gasteiger partial charge in [-0.3, -0.25) is 4.79 Å². The molecule has 0 aliphatic heterocycles. The van der Waals surface area contributed by atoms with E-state index in [1.165, 1.54) is 6.07 Å². The van der Waals surface area contributed by atoms with Gasteiger partial charge in [0.15, 0.2) is 11.6 Å². The summed E-state index contributed by atoms with van der Waals surface area (Å²) in [5, 5.41) is 5.42. The molecule has 1 aromatic carbocycles. The molecule has 1 fully saturated rings. The van der Waals surface area contributed by atoms with Crippen molar-refractivity contribution in [2.75, 3.05) is 19.0 Å². The zero-order valence-corrected chi connectivity index (χ0v) is 11.5. The second-order valence-electron chi connectivity index (χ2n) is 4.80. The van der Waals surface area contributed by atoms with E-state index in [0.717, 1.165) is 26.0 Å². The highest BCUT2D eigenvalue weighted by Gasteiger charge is 2.23. The van der Waals surface area contributed by atoms with E-state index in [-0.39, 0.29) is 30.6 Å². The van der Waals surface area contributed by atoms with Crippen molar-refractivity contribution in [1.29, 1.82) is 0 Å². The molecule has 0 bridgehead atoms. The third-order valence-corrected chi connectivity index (χ3v) is 3.10. The summed E-state index contributed by atoms with van der Waals surface area (Å²) in [6.07, 6.45) is 2.15. The minimum atomic E-state index is -1.27. The van der Waals surface area contributed by atoms with Crippen molar-refractivity contribution in [1.82, 2.24) is 5.32 Å². The Balaban J connectivity index is 1.92. The quantitative estimate of drug-likeness (QED) is 0.786. The maximum absolute atomic E-state index is 13.8. The summed E-state index contributed by atoms with van der Waals surface area (Å²) in [5.41, 5.74) is -0.564. The fraction of sp³-hybridized carbons (Fsp3) is 0.429. The number of amides is 1. The average molecular weight is 298 g/mol. The molecule has 0 unspecified atom stereocenters. The average Bonchev–Trinajstić information content (AvgIpc) is 3.26. The summed E-state index contributed by atoms with van der Waals surface area (Å²) < 4.78 is 31.8. The maximum Gasteiger partial charge on any atom is 0.340 e. The van der Waals surface area contributed by atoms with E-state index in [2.05, 4.69) is 15.4 Å². The van der Waals surface area contributed by atoms with Crippen LogP contribution in [-0.2, 0) is 9.53 Å². The molecule has 1 amide bonds. The second-order valence-corrected chi connectivity index (χ2v) is 4.80. The van der Waals surface area contributed by atoms with Crippen molar-refractivity contribution in [3.05, 3.63) is 29.3 Å². The Morgan fingerprint density at radius 3 is 2.62 bits per heavy atom. The molecule has 0 radical (unpaired) electrons. The molecule has 7 heteroatoms. The smallest absolute Gasteiger partial charge is 0.340 e. The van der Waals surface area contributed by atoms with Crippen LogP contribution in [0.25, 0.3) is 0 Å². The first-order chi connectivity index (χ1) is 10.0. The molecule has 2 rings (SSSR count). The summed E-state index contributed by atoms with van der Waals surface area (Å²) in [7, 11) is 1.09. The molecular weight excluding hydrogens is 282 g/mol. The van der Waals surface area contributed by atoms with E-state index < -0.39 is 23.2 Å². The van der Waals surface area contributed by atoms with Crippen molar-refractivity contribution < 1.29 is 23.1 Å². The normalized spacial score (nSPS) is 13.7. The number of benzene rings is 1. The largest absolute Gasteiger partial charge is 0.465 e. The summed E-state index contributed by atoms with van der Waals surface area (Å²) in [4.78, 5) is 22.6. The lowest BCUT2D eigenvalue weighted by Gasteiger charge is -2.10. The molecule has 0 spiro atoms. The molecule has 5 nitrogen and oxygen atoms in total. The Morgan fingerprint density at radius 1 is 1.29 bits per heavy atom. The van der Waals surface area contributed by atoms with E-state index in [0.29, 0.717) is 0 Å². The van der Waals surface area contributed by atoms with Gasteiger partial charge in [0.2, 0.25) is 5.91 Å². The second kappa shape index (κ2) is 6.51. The van der Waals surface area contributed by atoms with Crippen LogP contribution in [0.1, 0.15) is 29.6 Å². The summed E-state index contributed by atoms with van der Waals surface area (Å²) in [6.45, 7) is 0.173. The number of rotatable bonds is 6. The lowest BCUT2D eigenvalue weighted by molar-refractivity contribution is -0.120. The lowest BCUT2D eigenvalue weighted by atomic mass is 10.1. The van der Waals surface area contributed by atoms with Crippen molar-refractivity contribution in [2.24, 2.45) is 0 Å². The van der Waals surface area contributed by atoms with Gasteiger partial charge in [-0.25, -0.2) is 13.6 Å². The lowest BCUT2D eigenvalue weighted by Crippen LogP contribution is -2.27. The van der Waals surface area contributed by atoms with Gasteiger partial charge in [-0.2, -0.15) is 0 Å². The minimum Gasteiger partial charge on any atom is -0.465 e. The molecule has 1 aliphatic rings. The van der Waals surface area contributed by atoms with Crippen LogP contribution >= 0.6 is 0 Å². The highest BCUT2D eigenvalue weighted by atomic mass is 19.2. The number of hydrogen-bond donors (Lipinski definition) is 2. The number of halogens is 2. The van der Waals surface area contributed by atoms with Gasteiger partial charge in [-0.15, -0.1) is 0 Å². The molecule has 0 heterocycles. The number of methoxy groups -OCH3 is 1. The summed E-state index contributed by atoms with van der Waals surface area (Å²) in [6, 6.07) is 2.64. The minimum absolute atomic E-state index is 0.0978. The predicted molar refractivity (Wildman–Crippen MR) is 72.0 cm³/mol. The van der Waals surface area contributed by atoms with Gasteiger partial charge in [0, 0.05) is 19.0 Å². The molecule has 1 aromatic rings. The number of hydrogen-bond acceptors (Lipinski definition) is 4. The van der Waals surface area contributed by atoms with E-state index in [4.69, 9.17) is 0 Å². The van der Waals surface area contributed by atoms with Crippen LogP contribution < -0.4 is 10.6 Å². The molecule has 0 saturated heterocycles. The molecule has 0 aromatic heterocycles. The van der Waals surface area contributed by atoms with Crippen LogP contribution in [-0.4, -0.2) is 31.6 Å². The van der Waals surface area contributed by atoms with Crippen LogP contribution in [0.3, 0.4) is 0 Å². The zero-order valence-electron chi connectivity index (χ0n) is 11.5.